The summed E-state index contributed by atoms with van der Waals surface area (Å²) in [5.74, 6) is -7.38. The van der Waals surface area contributed by atoms with E-state index in [1.807, 2.05) is 0 Å². The lowest BCUT2D eigenvalue weighted by Crippen LogP contribution is -2.75. The Kier molecular flexibility index (Phi) is 5.32. The molecule has 0 bridgehead atoms. The van der Waals surface area contributed by atoms with Gasteiger partial charge in [0.2, 0.25) is 6.29 Å². The number of aromatic hydroxyl groups is 2. The summed E-state index contributed by atoms with van der Waals surface area (Å²) in [5, 5.41) is 76.3. The monoisotopic (exact) mass is 348 g/mol. The van der Waals surface area contributed by atoms with E-state index in [1.54, 1.807) is 0 Å². The van der Waals surface area contributed by atoms with E-state index in [-0.39, 0.29) is 24.5 Å². The first-order valence-electron chi connectivity index (χ1n) is 7.07. The number of rotatable bonds is 5. The second-order valence-corrected chi connectivity index (χ2v) is 5.53. The minimum Gasteiger partial charge on any atom is -0.504 e. The summed E-state index contributed by atoms with van der Waals surface area (Å²) in [6.45, 7) is -1.01. The fraction of sp³-hybridized carbons (Fsp3) is 0.571. The molecule has 8 N–H and O–H groups in total. The Bertz CT molecular complexity index is 573. The van der Waals surface area contributed by atoms with E-state index < -0.39 is 36.7 Å². The molecular formula is C14H20O10. The van der Waals surface area contributed by atoms with Gasteiger partial charge in [-0.1, -0.05) is 6.07 Å². The van der Waals surface area contributed by atoms with Crippen molar-refractivity contribution >= 4 is 0 Å². The lowest BCUT2D eigenvalue weighted by molar-refractivity contribution is -0.482. The van der Waals surface area contributed by atoms with Crippen LogP contribution in [-0.4, -0.2) is 84.1 Å². The zero-order valence-electron chi connectivity index (χ0n) is 12.5. The minimum absolute atomic E-state index is 0.153. The molecule has 1 aliphatic rings. The van der Waals surface area contributed by atoms with Gasteiger partial charge in [0.05, 0.1) is 13.2 Å². The predicted molar refractivity (Wildman–Crippen MR) is 75.5 cm³/mol. The van der Waals surface area contributed by atoms with E-state index in [9.17, 15) is 35.7 Å². The van der Waals surface area contributed by atoms with Crippen LogP contribution in [0.1, 0.15) is 5.56 Å². The lowest BCUT2D eigenvalue weighted by Gasteiger charge is -2.48. The average molecular weight is 348 g/mol. The summed E-state index contributed by atoms with van der Waals surface area (Å²) >= 11 is 0. The smallest absolute Gasteiger partial charge is 0.274 e. The molecule has 24 heavy (non-hydrogen) atoms. The molecule has 0 aromatic heterocycles. The highest BCUT2D eigenvalue weighted by atomic mass is 16.8. The molecule has 1 fully saturated rings. The lowest BCUT2D eigenvalue weighted by atomic mass is 9.92. The molecule has 0 saturated carbocycles. The average Bonchev–Trinajstić information content (AvgIpc) is 2.51. The Morgan fingerprint density at radius 1 is 1.04 bits per heavy atom. The van der Waals surface area contributed by atoms with Gasteiger partial charge in [-0.05, 0) is 24.1 Å². The Hall–Kier alpha value is -1.50. The number of benzene rings is 1. The van der Waals surface area contributed by atoms with Gasteiger partial charge < -0.3 is 50.3 Å². The van der Waals surface area contributed by atoms with E-state index in [4.69, 9.17) is 14.6 Å². The van der Waals surface area contributed by atoms with E-state index in [1.165, 1.54) is 18.2 Å². The van der Waals surface area contributed by atoms with Crippen molar-refractivity contribution < 1.29 is 50.3 Å². The molecule has 10 heteroatoms. The third-order valence-corrected chi connectivity index (χ3v) is 3.81. The van der Waals surface area contributed by atoms with Crippen LogP contribution in [0.2, 0.25) is 0 Å². The molecule has 0 amide bonds. The number of hydrogen-bond donors (Lipinski definition) is 8. The first kappa shape index (κ1) is 18.8. The van der Waals surface area contributed by atoms with Gasteiger partial charge in [-0.15, -0.1) is 0 Å². The van der Waals surface area contributed by atoms with Crippen LogP contribution >= 0.6 is 0 Å². The Morgan fingerprint density at radius 2 is 1.71 bits per heavy atom. The maximum absolute atomic E-state index is 9.81. The number of hydrogen-bond acceptors (Lipinski definition) is 10. The highest BCUT2D eigenvalue weighted by Gasteiger charge is 2.65. The van der Waals surface area contributed by atoms with Gasteiger partial charge in [0.15, 0.2) is 11.5 Å². The largest absolute Gasteiger partial charge is 0.504 e. The summed E-state index contributed by atoms with van der Waals surface area (Å²) in [5.41, 5.74) is 0.542. The fourth-order valence-corrected chi connectivity index (χ4v) is 2.29. The van der Waals surface area contributed by atoms with Crippen molar-refractivity contribution in [2.75, 3.05) is 13.2 Å². The van der Waals surface area contributed by atoms with Crippen LogP contribution in [-0.2, 0) is 15.9 Å². The van der Waals surface area contributed by atoms with Crippen molar-refractivity contribution in [3.05, 3.63) is 23.8 Å². The molecule has 1 aliphatic heterocycles. The minimum atomic E-state index is -3.39. The number of phenolic OH excluding ortho intramolecular Hbond substituents is 2. The van der Waals surface area contributed by atoms with E-state index in [0.29, 0.717) is 5.56 Å². The zero-order chi connectivity index (χ0) is 18.1. The molecule has 2 rings (SSSR count). The Labute approximate surface area is 136 Å². The van der Waals surface area contributed by atoms with Gasteiger partial charge in [-0.25, -0.2) is 0 Å². The SMILES string of the molecule is OC[C@H]1O[C@@H](OCCc2ccc(O)c(O)c2)C(O)(O)C(O)(O)[C@@H]1O. The maximum atomic E-state index is 9.81. The van der Waals surface area contributed by atoms with Crippen LogP contribution in [0.25, 0.3) is 0 Å². The zero-order valence-corrected chi connectivity index (χ0v) is 12.5. The third-order valence-electron chi connectivity index (χ3n) is 3.81. The van der Waals surface area contributed by atoms with Gasteiger partial charge in [0, 0.05) is 0 Å². The van der Waals surface area contributed by atoms with Crippen molar-refractivity contribution in [3.63, 3.8) is 0 Å². The van der Waals surface area contributed by atoms with Crippen molar-refractivity contribution in [2.45, 2.75) is 36.5 Å². The molecule has 10 nitrogen and oxygen atoms in total. The van der Waals surface area contributed by atoms with Crippen LogP contribution < -0.4 is 0 Å². The molecule has 1 aromatic carbocycles. The van der Waals surface area contributed by atoms with Crippen molar-refractivity contribution in [3.8, 4) is 11.5 Å². The first-order chi connectivity index (χ1) is 11.1. The molecule has 1 saturated heterocycles. The number of aliphatic hydroxyl groups is 6. The predicted octanol–water partition coefficient (Wildman–Crippen LogP) is -2.90. The van der Waals surface area contributed by atoms with E-state index in [0.717, 1.165) is 0 Å². The van der Waals surface area contributed by atoms with Gasteiger partial charge >= 0.3 is 0 Å². The van der Waals surface area contributed by atoms with Gasteiger partial charge in [-0.2, -0.15) is 0 Å². The summed E-state index contributed by atoms with van der Waals surface area (Å²) in [6.07, 6.45) is -5.49. The molecule has 0 spiro atoms. The molecule has 1 heterocycles. The van der Waals surface area contributed by atoms with Crippen molar-refractivity contribution in [1.29, 1.82) is 0 Å². The second kappa shape index (κ2) is 6.78. The van der Waals surface area contributed by atoms with E-state index >= 15 is 0 Å². The second-order valence-electron chi connectivity index (χ2n) is 5.53. The highest BCUT2D eigenvalue weighted by Crippen LogP contribution is 2.35. The molecule has 3 atom stereocenters. The first-order valence-corrected chi connectivity index (χ1v) is 7.07. The summed E-state index contributed by atoms with van der Waals surface area (Å²) in [6, 6.07) is 4.02. The summed E-state index contributed by atoms with van der Waals surface area (Å²) in [7, 11) is 0. The van der Waals surface area contributed by atoms with E-state index in [2.05, 4.69) is 0 Å². The molecule has 0 aliphatic carbocycles. The van der Waals surface area contributed by atoms with Gasteiger partial charge in [0.25, 0.3) is 11.6 Å². The standard InChI is InChI=1S/C14H20O10/c15-6-10-11(18)13(19,20)14(21,22)12(24-10)23-4-3-7-1-2-8(16)9(17)5-7/h1-2,5,10-12,15-22H,3-4,6H2/t10-,11-,12-/m1/s1. The number of aliphatic hydroxyl groups excluding tert-OH is 2. The van der Waals surface area contributed by atoms with Crippen molar-refractivity contribution in [1.82, 2.24) is 0 Å². The third kappa shape index (κ3) is 3.31. The summed E-state index contributed by atoms with van der Waals surface area (Å²) < 4.78 is 10.0. The molecule has 1 aromatic rings. The van der Waals surface area contributed by atoms with Crippen LogP contribution in [0.5, 0.6) is 11.5 Å². The van der Waals surface area contributed by atoms with Crippen LogP contribution in [0.3, 0.4) is 0 Å². The molecule has 0 radical (unpaired) electrons. The number of phenols is 2. The van der Waals surface area contributed by atoms with Crippen LogP contribution in [0.4, 0.5) is 0 Å². The molecule has 136 valence electrons. The van der Waals surface area contributed by atoms with Crippen molar-refractivity contribution in [2.24, 2.45) is 0 Å². The van der Waals surface area contributed by atoms with Crippen LogP contribution in [0.15, 0.2) is 18.2 Å². The maximum Gasteiger partial charge on any atom is 0.274 e. The topological polar surface area (TPSA) is 180 Å². The molecular weight excluding hydrogens is 328 g/mol. The van der Waals surface area contributed by atoms with Gasteiger partial charge in [-0.3, -0.25) is 0 Å². The van der Waals surface area contributed by atoms with Crippen LogP contribution in [0, 0.1) is 0 Å². The Balaban J connectivity index is 2.03. The quantitative estimate of drug-likeness (QED) is 0.203. The Morgan fingerprint density at radius 3 is 2.29 bits per heavy atom. The molecule has 0 unspecified atom stereocenters. The number of ether oxygens (including phenoxy) is 2. The normalized spacial score (nSPS) is 28.7. The highest BCUT2D eigenvalue weighted by molar-refractivity contribution is 5.40. The summed E-state index contributed by atoms with van der Waals surface area (Å²) in [4.78, 5) is 0. The van der Waals surface area contributed by atoms with Gasteiger partial charge in [0.1, 0.15) is 12.2 Å². The fourth-order valence-electron chi connectivity index (χ4n) is 2.29.